The van der Waals surface area contributed by atoms with Gasteiger partial charge in [0.2, 0.25) is 0 Å². The highest BCUT2D eigenvalue weighted by molar-refractivity contribution is 5.65. The third-order valence-electron chi connectivity index (χ3n) is 0.950. The summed E-state index contributed by atoms with van der Waals surface area (Å²) in [6.45, 7) is 4.60. The lowest BCUT2D eigenvalue weighted by atomic mass is 10.7. The van der Waals surface area contributed by atoms with Crippen LogP contribution >= 0.6 is 0 Å². The van der Waals surface area contributed by atoms with Crippen LogP contribution in [0.2, 0.25) is 0 Å². The van der Waals surface area contributed by atoms with Gasteiger partial charge >= 0.3 is 6.09 Å². The first-order valence-corrected chi connectivity index (χ1v) is 3.24. The van der Waals surface area contributed by atoms with Gasteiger partial charge in [-0.05, 0) is 13.8 Å². The number of carbonyl (C=O) groups excluding carboxylic acids is 1. The molecule has 0 rings (SSSR count). The van der Waals surface area contributed by atoms with E-state index >= 15 is 0 Å². The van der Waals surface area contributed by atoms with Gasteiger partial charge in [-0.1, -0.05) is 0 Å². The van der Waals surface area contributed by atoms with Crippen LogP contribution in [0.3, 0.4) is 0 Å². The van der Waals surface area contributed by atoms with Crippen molar-refractivity contribution in [2.45, 2.75) is 13.8 Å². The van der Waals surface area contributed by atoms with E-state index in [2.05, 4.69) is 4.74 Å². The fourth-order valence-electron chi connectivity index (χ4n) is 0.531. The molecule has 0 bridgehead atoms. The maximum Gasteiger partial charge on any atom is 0.433 e. The van der Waals surface area contributed by atoms with Crippen LogP contribution in [0.25, 0.3) is 0 Å². The van der Waals surface area contributed by atoms with Gasteiger partial charge in [0.1, 0.15) is 0 Å². The predicted octanol–water partition coefficient (Wildman–Crippen LogP) is 1.03. The van der Waals surface area contributed by atoms with E-state index in [1.807, 2.05) is 13.8 Å². The zero-order valence-corrected chi connectivity index (χ0v) is 6.59. The minimum Gasteiger partial charge on any atom is -0.451 e. The van der Waals surface area contributed by atoms with Gasteiger partial charge < -0.3 is 4.74 Å². The minimum atomic E-state index is -0.454. The van der Waals surface area contributed by atoms with Gasteiger partial charge in [-0.2, -0.15) is 5.06 Å². The predicted molar refractivity (Wildman–Crippen MR) is 36.4 cm³/mol. The van der Waals surface area contributed by atoms with Gasteiger partial charge in [0.15, 0.2) is 0 Å². The molecule has 0 N–H and O–H groups in total. The Morgan fingerprint density at radius 2 is 2.10 bits per heavy atom. The summed E-state index contributed by atoms with van der Waals surface area (Å²) < 4.78 is 4.42. The van der Waals surface area contributed by atoms with Crippen molar-refractivity contribution in [1.82, 2.24) is 5.06 Å². The molecule has 0 aliphatic carbocycles. The fraction of sp³-hybridized carbons (Fsp3) is 0.833. The fourth-order valence-corrected chi connectivity index (χ4v) is 0.531. The van der Waals surface area contributed by atoms with Crippen LogP contribution in [0.15, 0.2) is 0 Å². The Labute approximate surface area is 60.7 Å². The van der Waals surface area contributed by atoms with E-state index in [0.29, 0.717) is 13.2 Å². The lowest BCUT2D eigenvalue weighted by Gasteiger charge is -2.16. The highest BCUT2D eigenvalue weighted by Gasteiger charge is 2.09. The van der Waals surface area contributed by atoms with Crippen molar-refractivity contribution in [1.29, 1.82) is 0 Å². The summed E-state index contributed by atoms with van der Waals surface area (Å²) in [6, 6.07) is 0. The van der Waals surface area contributed by atoms with Crippen LogP contribution in [0.4, 0.5) is 4.79 Å². The van der Waals surface area contributed by atoms with Crippen molar-refractivity contribution in [3.63, 3.8) is 0 Å². The number of hydrogen-bond acceptors (Lipinski definition) is 3. The summed E-state index contributed by atoms with van der Waals surface area (Å²) in [6.07, 6.45) is -0.454. The number of hydroxylamine groups is 2. The topological polar surface area (TPSA) is 38.8 Å². The van der Waals surface area contributed by atoms with E-state index in [9.17, 15) is 4.79 Å². The maximum atomic E-state index is 10.7. The van der Waals surface area contributed by atoms with Crippen molar-refractivity contribution in [2.24, 2.45) is 0 Å². The van der Waals surface area contributed by atoms with Crippen molar-refractivity contribution < 1.29 is 14.4 Å². The number of nitrogens with zero attached hydrogens (tertiary/aromatic N) is 1. The smallest absolute Gasteiger partial charge is 0.433 e. The molecule has 0 heterocycles. The summed E-state index contributed by atoms with van der Waals surface area (Å²) >= 11 is 0. The molecular formula is C6H13NO3. The largest absolute Gasteiger partial charge is 0.451 e. The number of ether oxygens (including phenoxy) is 1. The molecule has 0 unspecified atom stereocenters. The summed E-state index contributed by atoms with van der Waals surface area (Å²) in [4.78, 5) is 15.6. The second-order valence-corrected chi connectivity index (χ2v) is 1.58. The molecule has 0 atom stereocenters. The highest BCUT2D eigenvalue weighted by Crippen LogP contribution is 1.92. The Morgan fingerprint density at radius 1 is 1.50 bits per heavy atom. The van der Waals surface area contributed by atoms with Crippen LogP contribution in [0, 0.1) is 0 Å². The number of carbonyl (C=O) groups is 1. The lowest BCUT2D eigenvalue weighted by molar-refractivity contribution is -0.126. The Morgan fingerprint density at radius 3 is 2.40 bits per heavy atom. The Bertz CT molecular complexity index is 105. The molecule has 0 aromatic carbocycles. The van der Waals surface area contributed by atoms with Gasteiger partial charge in [0, 0.05) is 6.54 Å². The molecule has 1 amide bonds. The van der Waals surface area contributed by atoms with Crippen LogP contribution in [0.1, 0.15) is 13.8 Å². The molecule has 0 saturated carbocycles. The number of amides is 1. The Balaban J connectivity index is 3.68. The third-order valence-corrected chi connectivity index (χ3v) is 0.950. The average molecular weight is 147 g/mol. The maximum absolute atomic E-state index is 10.7. The van der Waals surface area contributed by atoms with Crippen molar-refractivity contribution >= 4 is 6.09 Å². The molecule has 0 aliphatic heterocycles. The number of rotatable bonds is 3. The highest BCUT2D eigenvalue weighted by atomic mass is 16.7. The van der Waals surface area contributed by atoms with Crippen LogP contribution < -0.4 is 0 Å². The first-order valence-electron chi connectivity index (χ1n) is 3.24. The zero-order valence-electron chi connectivity index (χ0n) is 6.59. The standard InChI is InChI=1S/C6H13NO3/c1-4-7(10-5-2)6(8)9-3/h4-5H2,1-3H3. The van der Waals surface area contributed by atoms with Crippen LogP contribution in [0.5, 0.6) is 0 Å². The van der Waals surface area contributed by atoms with Gasteiger partial charge in [0.25, 0.3) is 0 Å². The van der Waals surface area contributed by atoms with Crippen LogP contribution in [-0.4, -0.2) is 31.4 Å². The molecule has 4 nitrogen and oxygen atoms in total. The lowest BCUT2D eigenvalue weighted by Crippen LogP contribution is -2.30. The van der Waals surface area contributed by atoms with Crippen LogP contribution in [-0.2, 0) is 9.57 Å². The summed E-state index contributed by atoms with van der Waals surface area (Å²) in [5, 5.41) is 1.17. The molecule has 4 heteroatoms. The summed E-state index contributed by atoms with van der Waals surface area (Å²) in [5.74, 6) is 0. The molecule has 0 aromatic rings. The second-order valence-electron chi connectivity index (χ2n) is 1.58. The third kappa shape index (κ3) is 2.68. The van der Waals surface area contributed by atoms with E-state index in [0.717, 1.165) is 0 Å². The van der Waals surface area contributed by atoms with E-state index < -0.39 is 6.09 Å². The average Bonchev–Trinajstić information content (AvgIpc) is 1.99. The summed E-state index contributed by atoms with van der Waals surface area (Å²) in [5.41, 5.74) is 0. The monoisotopic (exact) mass is 147 g/mol. The second kappa shape index (κ2) is 5.05. The zero-order chi connectivity index (χ0) is 7.98. The first-order chi connectivity index (χ1) is 4.76. The van der Waals surface area contributed by atoms with E-state index in [-0.39, 0.29) is 0 Å². The molecule has 0 radical (unpaired) electrons. The van der Waals surface area contributed by atoms with E-state index in [1.165, 1.54) is 12.2 Å². The van der Waals surface area contributed by atoms with Crippen molar-refractivity contribution in [3.05, 3.63) is 0 Å². The normalized spacial score (nSPS) is 9.10. The van der Waals surface area contributed by atoms with Gasteiger partial charge in [-0.15, -0.1) is 0 Å². The van der Waals surface area contributed by atoms with Gasteiger partial charge in [-0.3, -0.25) is 4.84 Å². The number of hydrogen-bond donors (Lipinski definition) is 0. The SMILES string of the molecule is CCON(CC)C(=O)OC. The molecule has 0 spiro atoms. The molecule has 0 aliphatic rings. The molecular weight excluding hydrogens is 134 g/mol. The van der Waals surface area contributed by atoms with E-state index in [4.69, 9.17) is 4.84 Å². The van der Waals surface area contributed by atoms with Gasteiger partial charge in [-0.25, -0.2) is 4.79 Å². The Hall–Kier alpha value is -0.770. The summed E-state index contributed by atoms with van der Waals surface area (Å²) in [7, 11) is 1.32. The van der Waals surface area contributed by atoms with Gasteiger partial charge in [0.05, 0.1) is 13.7 Å². The molecule has 60 valence electrons. The van der Waals surface area contributed by atoms with Crippen molar-refractivity contribution in [2.75, 3.05) is 20.3 Å². The molecule has 0 fully saturated rings. The Kier molecular flexibility index (Phi) is 4.66. The first kappa shape index (κ1) is 9.23. The number of methoxy groups -OCH3 is 1. The minimum absolute atomic E-state index is 0.454. The van der Waals surface area contributed by atoms with E-state index in [1.54, 1.807) is 0 Å². The molecule has 0 saturated heterocycles. The molecule has 0 aromatic heterocycles. The quantitative estimate of drug-likeness (QED) is 0.559. The van der Waals surface area contributed by atoms with Crippen molar-refractivity contribution in [3.8, 4) is 0 Å². The molecule has 10 heavy (non-hydrogen) atoms.